The summed E-state index contributed by atoms with van der Waals surface area (Å²) in [4.78, 5) is 27.5. The maximum Gasteiger partial charge on any atom is 0.262 e. The molecule has 0 N–H and O–H groups in total. The summed E-state index contributed by atoms with van der Waals surface area (Å²) in [5, 5.41) is 0. The quantitative estimate of drug-likeness (QED) is 0.613. The summed E-state index contributed by atoms with van der Waals surface area (Å²) < 4.78 is 6.10. The lowest BCUT2D eigenvalue weighted by molar-refractivity contribution is 0.0603. The Morgan fingerprint density at radius 1 is 0.769 bits per heavy atom. The molecule has 2 aliphatic heterocycles. The first-order valence-corrected chi connectivity index (χ1v) is 8.50. The Balaban J connectivity index is 1.75. The molecular formula is C22H15NO3. The molecule has 0 aliphatic carbocycles. The molecule has 126 valence electrons. The van der Waals surface area contributed by atoms with Gasteiger partial charge in [0.15, 0.2) is 0 Å². The van der Waals surface area contributed by atoms with Crippen molar-refractivity contribution in [2.75, 3.05) is 0 Å². The molecule has 4 heteroatoms. The van der Waals surface area contributed by atoms with Gasteiger partial charge in [-0.3, -0.25) is 14.5 Å². The molecule has 5 rings (SSSR count). The number of fused-ring (bicyclic) bond motifs is 3. The Morgan fingerprint density at radius 2 is 1.38 bits per heavy atom. The van der Waals surface area contributed by atoms with Crippen molar-refractivity contribution in [3.63, 3.8) is 0 Å². The van der Waals surface area contributed by atoms with Crippen molar-refractivity contribution in [1.29, 1.82) is 0 Å². The SMILES string of the molecule is Cc1cccc2c1Oc1ccccc1[C@@H]2N1C(=O)c2ccccc2C1=O. The second-order valence-corrected chi connectivity index (χ2v) is 6.56. The highest BCUT2D eigenvalue weighted by molar-refractivity contribution is 6.21. The number of rotatable bonds is 1. The Bertz CT molecular complexity index is 1050. The Morgan fingerprint density at radius 3 is 2.12 bits per heavy atom. The van der Waals surface area contributed by atoms with E-state index in [4.69, 9.17) is 4.74 Å². The van der Waals surface area contributed by atoms with Gasteiger partial charge in [0.25, 0.3) is 11.8 Å². The minimum Gasteiger partial charge on any atom is -0.456 e. The maximum atomic E-state index is 13.1. The van der Waals surface area contributed by atoms with Crippen LogP contribution in [0.25, 0.3) is 0 Å². The Hall–Kier alpha value is -3.40. The monoisotopic (exact) mass is 341 g/mol. The molecule has 2 heterocycles. The van der Waals surface area contributed by atoms with Gasteiger partial charge >= 0.3 is 0 Å². The molecule has 2 aliphatic rings. The molecule has 1 atom stereocenters. The van der Waals surface area contributed by atoms with E-state index in [0.29, 0.717) is 22.6 Å². The number of ether oxygens (including phenoxy) is 1. The first kappa shape index (κ1) is 14.9. The van der Waals surface area contributed by atoms with Crippen LogP contribution in [0.5, 0.6) is 11.5 Å². The molecule has 0 spiro atoms. The number of nitrogens with zero attached hydrogens (tertiary/aromatic N) is 1. The van der Waals surface area contributed by atoms with E-state index in [1.165, 1.54) is 4.90 Å². The van der Waals surface area contributed by atoms with Gasteiger partial charge in [0.05, 0.1) is 17.2 Å². The average molecular weight is 341 g/mol. The van der Waals surface area contributed by atoms with E-state index in [2.05, 4.69) is 0 Å². The van der Waals surface area contributed by atoms with Crippen LogP contribution in [0.1, 0.15) is 43.4 Å². The molecule has 0 aromatic heterocycles. The first-order valence-electron chi connectivity index (χ1n) is 8.50. The van der Waals surface area contributed by atoms with Gasteiger partial charge in [-0.2, -0.15) is 0 Å². The fourth-order valence-corrected chi connectivity index (χ4v) is 3.83. The van der Waals surface area contributed by atoms with Crippen LogP contribution >= 0.6 is 0 Å². The molecule has 4 nitrogen and oxygen atoms in total. The van der Waals surface area contributed by atoms with Crippen molar-refractivity contribution in [1.82, 2.24) is 4.90 Å². The summed E-state index contributed by atoms with van der Waals surface area (Å²) in [6, 6.07) is 19.9. The predicted octanol–water partition coefficient (Wildman–Crippen LogP) is 4.49. The van der Waals surface area contributed by atoms with Gasteiger partial charge in [-0.15, -0.1) is 0 Å². The molecular weight excluding hydrogens is 326 g/mol. The van der Waals surface area contributed by atoms with Crippen LogP contribution in [0.2, 0.25) is 0 Å². The number of hydrogen-bond donors (Lipinski definition) is 0. The number of aryl methyl sites for hydroxylation is 1. The fraction of sp³-hybridized carbons (Fsp3) is 0.0909. The highest BCUT2D eigenvalue weighted by Crippen LogP contribution is 2.48. The summed E-state index contributed by atoms with van der Waals surface area (Å²) in [5.74, 6) is 0.864. The minimum absolute atomic E-state index is 0.264. The van der Waals surface area contributed by atoms with Crippen LogP contribution in [0.15, 0.2) is 66.7 Å². The highest BCUT2D eigenvalue weighted by atomic mass is 16.5. The lowest BCUT2D eigenvalue weighted by Gasteiger charge is -2.34. The van der Waals surface area contributed by atoms with Gasteiger partial charge in [0, 0.05) is 11.1 Å². The number of hydrogen-bond acceptors (Lipinski definition) is 3. The molecule has 2 amide bonds. The maximum absolute atomic E-state index is 13.1. The molecule has 26 heavy (non-hydrogen) atoms. The Kier molecular flexibility index (Phi) is 3.04. The zero-order valence-electron chi connectivity index (χ0n) is 14.1. The molecule has 0 unspecified atom stereocenters. The van der Waals surface area contributed by atoms with Gasteiger partial charge < -0.3 is 4.74 Å². The van der Waals surface area contributed by atoms with Gasteiger partial charge in [-0.25, -0.2) is 0 Å². The van der Waals surface area contributed by atoms with Gasteiger partial charge in [-0.1, -0.05) is 48.5 Å². The highest BCUT2D eigenvalue weighted by Gasteiger charge is 2.44. The van der Waals surface area contributed by atoms with Crippen LogP contribution in [-0.2, 0) is 0 Å². The van der Waals surface area contributed by atoms with E-state index < -0.39 is 6.04 Å². The average Bonchev–Trinajstić information content (AvgIpc) is 2.92. The minimum atomic E-state index is -0.498. The molecule has 3 aromatic carbocycles. The largest absolute Gasteiger partial charge is 0.456 e. The predicted molar refractivity (Wildman–Crippen MR) is 96.5 cm³/mol. The third kappa shape index (κ3) is 1.90. The lowest BCUT2D eigenvalue weighted by atomic mass is 9.91. The number of carbonyl (C=O) groups excluding carboxylic acids is 2. The van der Waals surface area contributed by atoms with Crippen LogP contribution < -0.4 is 4.74 Å². The van der Waals surface area contributed by atoms with Crippen molar-refractivity contribution in [3.05, 3.63) is 94.5 Å². The van der Waals surface area contributed by atoms with Crippen molar-refractivity contribution in [2.45, 2.75) is 13.0 Å². The number of benzene rings is 3. The summed E-state index contributed by atoms with van der Waals surface area (Å²) in [6.07, 6.45) is 0. The second kappa shape index (κ2) is 5.30. The summed E-state index contributed by atoms with van der Waals surface area (Å²) in [7, 11) is 0. The fourth-order valence-electron chi connectivity index (χ4n) is 3.83. The van der Waals surface area contributed by atoms with Crippen molar-refractivity contribution >= 4 is 11.8 Å². The number of amides is 2. The topological polar surface area (TPSA) is 46.6 Å². The van der Waals surface area contributed by atoms with Gasteiger partial charge in [-0.05, 0) is 30.7 Å². The molecule has 0 radical (unpaired) electrons. The Labute approximate surface area is 150 Å². The number of para-hydroxylation sites is 2. The van der Waals surface area contributed by atoms with E-state index in [-0.39, 0.29) is 11.8 Å². The van der Waals surface area contributed by atoms with Crippen LogP contribution in [-0.4, -0.2) is 16.7 Å². The van der Waals surface area contributed by atoms with E-state index in [1.54, 1.807) is 24.3 Å². The first-order chi connectivity index (χ1) is 12.7. The van der Waals surface area contributed by atoms with Crippen molar-refractivity contribution in [2.24, 2.45) is 0 Å². The second-order valence-electron chi connectivity index (χ2n) is 6.56. The number of imide groups is 1. The van der Waals surface area contributed by atoms with Crippen LogP contribution in [0.4, 0.5) is 0 Å². The van der Waals surface area contributed by atoms with E-state index in [9.17, 15) is 9.59 Å². The third-order valence-electron chi connectivity index (χ3n) is 5.05. The van der Waals surface area contributed by atoms with Crippen molar-refractivity contribution < 1.29 is 14.3 Å². The van der Waals surface area contributed by atoms with E-state index in [1.807, 2.05) is 49.4 Å². The van der Waals surface area contributed by atoms with Gasteiger partial charge in [0.1, 0.15) is 11.5 Å². The normalized spacial score (nSPS) is 17.4. The van der Waals surface area contributed by atoms with E-state index >= 15 is 0 Å². The third-order valence-corrected chi connectivity index (χ3v) is 5.05. The summed E-state index contributed by atoms with van der Waals surface area (Å²) in [6.45, 7) is 1.96. The molecule has 0 saturated carbocycles. The molecule has 0 fully saturated rings. The molecule has 0 bridgehead atoms. The smallest absolute Gasteiger partial charge is 0.262 e. The molecule has 3 aromatic rings. The van der Waals surface area contributed by atoms with Crippen LogP contribution in [0.3, 0.4) is 0 Å². The standard InChI is InChI=1S/C22H15NO3/c1-13-7-6-11-17-19(16-10-4-5-12-18(16)26-20(13)17)23-21(24)14-8-2-3-9-15(14)22(23)25/h2-12,19H,1H3/t19-/m0/s1. The zero-order chi connectivity index (χ0) is 17.8. The van der Waals surface area contributed by atoms with E-state index in [0.717, 1.165) is 16.7 Å². The lowest BCUT2D eigenvalue weighted by Crippen LogP contribution is -2.36. The van der Waals surface area contributed by atoms with Crippen LogP contribution in [0, 0.1) is 6.92 Å². The van der Waals surface area contributed by atoms with Crippen molar-refractivity contribution in [3.8, 4) is 11.5 Å². The summed E-state index contributed by atoms with van der Waals surface area (Å²) >= 11 is 0. The summed E-state index contributed by atoms with van der Waals surface area (Å²) in [5.41, 5.74) is 3.53. The molecule has 0 saturated heterocycles. The van der Waals surface area contributed by atoms with Gasteiger partial charge in [0.2, 0.25) is 0 Å². The zero-order valence-corrected chi connectivity index (χ0v) is 14.1. The number of carbonyl (C=O) groups is 2.